The molecule has 1 unspecified atom stereocenters. The minimum Gasteiger partial charge on any atom is -0.547 e. The van der Waals surface area contributed by atoms with Gasteiger partial charge in [0.1, 0.15) is 5.78 Å². The number of fused-ring (bicyclic) bond motifs is 1. The highest BCUT2D eigenvalue weighted by molar-refractivity contribution is 6.74. The summed E-state index contributed by atoms with van der Waals surface area (Å²) in [5.41, 5.74) is 0.697. The fraction of sp³-hybridized carbons (Fsp3) is 0.706. The first kappa shape index (κ1) is 15.6. The molecule has 2 nitrogen and oxygen atoms in total. The zero-order valence-corrected chi connectivity index (χ0v) is 15.0. The number of carbonyl (C=O) groups is 1. The minimum atomic E-state index is -1.84. The second-order valence-corrected chi connectivity index (χ2v) is 12.7. The molecule has 0 N–H and O–H groups in total. The van der Waals surface area contributed by atoms with E-state index < -0.39 is 13.7 Å². The third-order valence-corrected chi connectivity index (χ3v) is 10.3. The molecule has 112 valence electrons. The molecular formula is C17H28O2Si. The number of hydrogen-bond donors (Lipinski definition) is 0. The van der Waals surface area contributed by atoms with Crippen LogP contribution in [-0.2, 0) is 9.22 Å². The van der Waals surface area contributed by atoms with Crippen LogP contribution < -0.4 is 0 Å². The van der Waals surface area contributed by atoms with Gasteiger partial charge in [-0.1, -0.05) is 33.8 Å². The lowest BCUT2D eigenvalue weighted by Gasteiger charge is -2.47. The van der Waals surface area contributed by atoms with Crippen molar-refractivity contribution in [3.63, 3.8) is 0 Å². The Bertz CT molecular complexity index is 496. The van der Waals surface area contributed by atoms with Gasteiger partial charge in [-0.3, -0.25) is 4.79 Å². The van der Waals surface area contributed by atoms with Crippen molar-refractivity contribution in [1.29, 1.82) is 0 Å². The molecule has 0 bridgehead atoms. The van der Waals surface area contributed by atoms with E-state index in [2.05, 4.69) is 47.4 Å². The molecule has 0 spiro atoms. The summed E-state index contributed by atoms with van der Waals surface area (Å²) in [7, 11) is -1.84. The largest absolute Gasteiger partial charge is 0.547 e. The number of ketones is 1. The highest BCUT2D eigenvalue weighted by Gasteiger charge is 2.63. The van der Waals surface area contributed by atoms with Gasteiger partial charge in [-0.05, 0) is 36.5 Å². The van der Waals surface area contributed by atoms with Crippen LogP contribution in [-0.4, -0.2) is 14.1 Å². The van der Waals surface area contributed by atoms with Crippen LogP contribution in [0.4, 0.5) is 0 Å². The quantitative estimate of drug-likeness (QED) is 0.557. The van der Waals surface area contributed by atoms with Crippen LogP contribution in [0.2, 0.25) is 18.1 Å². The molecule has 0 heterocycles. The molecule has 1 saturated carbocycles. The summed E-state index contributed by atoms with van der Waals surface area (Å²) in [4.78, 5) is 12.4. The molecule has 3 atom stereocenters. The van der Waals surface area contributed by atoms with Gasteiger partial charge < -0.3 is 4.43 Å². The molecule has 0 aliphatic heterocycles. The lowest BCUT2D eigenvalue weighted by atomic mass is 9.53. The number of allylic oxidation sites excluding steroid dienone is 3. The Labute approximate surface area is 124 Å². The zero-order valence-electron chi connectivity index (χ0n) is 14.0. The van der Waals surface area contributed by atoms with Crippen LogP contribution in [0, 0.1) is 17.3 Å². The minimum absolute atomic E-state index is 0.142. The third-order valence-electron chi connectivity index (χ3n) is 5.96. The van der Waals surface area contributed by atoms with Crippen molar-refractivity contribution in [2.24, 2.45) is 17.3 Å². The summed E-state index contributed by atoms with van der Waals surface area (Å²) in [6.07, 6.45) is 2.76. The summed E-state index contributed by atoms with van der Waals surface area (Å²) in [5.74, 6) is 1.90. The lowest BCUT2D eigenvalue weighted by molar-refractivity contribution is -0.144. The average molecular weight is 292 g/mol. The smallest absolute Gasteiger partial charge is 0.250 e. The van der Waals surface area contributed by atoms with Crippen molar-refractivity contribution < 1.29 is 9.22 Å². The highest BCUT2D eigenvalue weighted by atomic mass is 28.4. The maximum absolute atomic E-state index is 12.4. The maximum atomic E-state index is 12.4. The Hall–Kier alpha value is -0.833. The highest BCUT2D eigenvalue weighted by Crippen LogP contribution is 2.61. The van der Waals surface area contributed by atoms with E-state index in [1.807, 2.05) is 13.0 Å². The van der Waals surface area contributed by atoms with Crippen LogP contribution in [0.1, 0.15) is 41.0 Å². The van der Waals surface area contributed by atoms with Crippen molar-refractivity contribution >= 4 is 14.1 Å². The van der Waals surface area contributed by atoms with Gasteiger partial charge in [-0.25, -0.2) is 0 Å². The fourth-order valence-electron chi connectivity index (χ4n) is 3.41. The summed E-state index contributed by atoms with van der Waals surface area (Å²) in [5, 5.41) is 0.179. The van der Waals surface area contributed by atoms with Gasteiger partial charge in [0.2, 0.25) is 8.32 Å². The van der Waals surface area contributed by atoms with E-state index in [9.17, 15) is 4.79 Å². The van der Waals surface area contributed by atoms with Crippen LogP contribution in [0.15, 0.2) is 24.0 Å². The van der Waals surface area contributed by atoms with Gasteiger partial charge in [0.25, 0.3) is 0 Å². The molecule has 3 heteroatoms. The Balaban J connectivity index is 2.34. The standard InChI is InChI=1S/C17H28O2Si/c1-9-17-12(3)14(10-13(17)11(2)15(17)18)19-20(7,8)16(4,5)6/h9,11,13H,1,10H2,2-8H3/t11-,13?,17-/m1/s1. The Kier molecular flexibility index (Phi) is 3.37. The Morgan fingerprint density at radius 3 is 2.35 bits per heavy atom. The molecule has 2 aliphatic rings. The van der Waals surface area contributed by atoms with Crippen molar-refractivity contribution in [1.82, 2.24) is 0 Å². The van der Waals surface area contributed by atoms with Crippen molar-refractivity contribution in [2.45, 2.75) is 59.2 Å². The number of Topliss-reactive ketones (excluding diaryl/α,β-unsaturated/α-hetero) is 1. The van der Waals surface area contributed by atoms with Crippen LogP contribution in [0.25, 0.3) is 0 Å². The van der Waals surface area contributed by atoms with Crippen LogP contribution in [0.5, 0.6) is 0 Å². The first-order valence-electron chi connectivity index (χ1n) is 7.56. The summed E-state index contributed by atoms with van der Waals surface area (Å²) in [6, 6.07) is 0. The second-order valence-electron chi connectivity index (χ2n) is 7.95. The summed E-state index contributed by atoms with van der Waals surface area (Å²) >= 11 is 0. The molecule has 2 rings (SSSR count). The van der Waals surface area contributed by atoms with Crippen molar-refractivity contribution in [2.75, 3.05) is 0 Å². The molecule has 0 aromatic carbocycles. The first-order chi connectivity index (χ1) is 8.99. The lowest BCUT2D eigenvalue weighted by Crippen LogP contribution is -2.53. The SMILES string of the molecule is C=C[C@]12C(=O)[C@H](C)C1CC(O[Si](C)(C)C(C)(C)C)=C2C. The number of carbonyl (C=O) groups excluding carboxylic acids is 1. The monoisotopic (exact) mass is 292 g/mol. The second kappa shape index (κ2) is 4.33. The van der Waals surface area contributed by atoms with Crippen LogP contribution in [0.3, 0.4) is 0 Å². The molecule has 0 aromatic rings. The molecule has 0 saturated heterocycles. The summed E-state index contributed by atoms with van der Waals surface area (Å²) in [6.45, 7) is 19.3. The first-order valence-corrected chi connectivity index (χ1v) is 10.5. The van der Waals surface area contributed by atoms with Crippen molar-refractivity contribution in [3.05, 3.63) is 24.0 Å². The molecule has 2 aliphatic carbocycles. The average Bonchev–Trinajstić information content (AvgIpc) is 2.58. The Morgan fingerprint density at radius 1 is 1.40 bits per heavy atom. The molecule has 20 heavy (non-hydrogen) atoms. The van der Waals surface area contributed by atoms with E-state index in [-0.39, 0.29) is 11.0 Å². The predicted octanol–water partition coefficient (Wildman–Crippen LogP) is 4.69. The van der Waals surface area contributed by atoms with Crippen molar-refractivity contribution in [3.8, 4) is 0 Å². The van der Waals surface area contributed by atoms with Gasteiger partial charge in [-0.2, -0.15) is 0 Å². The summed E-state index contributed by atoms with van der Waals surface area (Å²) < 4.78 is 6.50. The van der Waals surface area contributed by atoms with E-state index >= 15 is 0 Å². The predicted molar refractivity (Wildman–Crippen MR) is 85.9 cm³/mol. The third kappa shape index (κ3) is 1.78. The van der Waals surface area contributed by atoms with E-state index in [4.69, 9.17) is 4.43 Å². The number of rotatable bonds is 3. The zero-order chi connectivity index (χ0) is 15.5. The molecule has 1 fully saturated rings. The molecular weight excluding hydrogens is 264 g/mol. The van der Waals surface area contributed by atoms with Gasteiger partial charge >= 0.3 is 0 Å². The van der Waals surface area contributed by atoms with E-state index in [0.29, 0.717) is 11.7 Å². The number of hydrogen-bond acceptors (Lipinski definition) is 2. The Morgan fingerprint density at radius 2 is 1.95 bits per heavy atom. The van der Waals surface area contributed by atoms with Crippen LogP contribution >= 0.6 is 0 Å². The van der Waals surface area contributed by atoms with Gasteiger partial charge in [-0.15, -0.1) is 6.58 Å². The van der Waals surface area contributed by atoms with E-state index in [1.165, 1.54) is 0 Å². The van der Waals surface area contributed by atoms with Gasteiger partial charge in [0.05, 0.1) is 11.2 Å². The normalized spacial score (nSPS) is 33.9. The van der Waals surface area contributed by atoms with E-state index in [0.717, 1.165) is 17.8 Å². The van der Waals surface area contributed by atoms with Gasteiger partial charge in [0, 0.05) is 12.3 Å². The molecule has 0 amide bonds. The fourth-order valence-corrected chi connectivity index (χ4v) is 4.57. The van der Waals surface area contributed by atoms with Gasteiger partial charge in [0.15, 0.2) is 0 Å². The molecule has 0 aromatic heterocycles. The maximum Gasteiger partial charge on any atom is 0.250 e. The topological polar surface area (TPSA) is 26.3 Å². The molecule has 0 radical (unpaired) electrons. The van der Waals surface area contributed by atoms with E-state index in [1.54, 1.807) is 0 Å².